The molecule has 5 nitrogen and oxygen atoms in total. The van der Waals surface area contributed by atoms with Crippen LogP contribution in [0.15, 0.2) is 24.3 Å². The van der Waals surface area contributed by atoms with Gasteiger partial charge >= 0.3 is 0 Å². The van der Waals surface area contributed by atoms with Gasteiger partial charge in [0.05, 0.1) is 24.8 Å². The summed E-state index contributed by atoms with van der Waals surface area (Å²) in [5.74, 6) is 0.926. The Morgan fingerprint density at radius 3 is 2.74 bits per heavy atom. The zero-order valence-corrected chi connectivity index (χ0v) is 16.5. The fraction of sp³-hybridized carbons (Fsp3) is 0.667. The number of likely N-dealkylation sites (tertiary alicyclic amines) is 1. The maximum atomic E-state index is 13.0. The molecular weight excluding hydrogens is 345 g/mol. The molecule has 148 valence electrons. The zero-order chi connectivity index (χ0) is 19.2. The number of hydrogen-bond acceptors (Lipinski definition) is 4. The molecule has 27 heavy (non-hydrogen) atoms. The molecule has 1 aromatic rings. The fourth-order valence-electron chi connectivity index (χ4n) is 5.33. The van der Waals surface area contributed by atoms with Crippen molar-refractivity contribution in [3.63, 3.8) is 0 Å². The van der Waals surface area contributed by atoms with Gasteiger partial charge in [-0.25, -0.2) is 4.39 Å². The van der Waals surface area contributed by atoms with Gasteiger partial charge in [0, 0.05) is 31.5 Å². The van der Waals surface area contributed by atoms with Crippen LogP contribution in [0.1, 0.15) is 18.4 Å². The number of carbonyl (C=O) groups excluding carboxylic acids is 1. The van der Waals surface area contributed by atoms with Gasteiger partial charge in [-0.05, 0) is 51.7 Å². The molecule has 3 heterocycles. The number of fused-ring (bicyclic) bond motifs is 1. The number of benzene rings is 1. The quantitative estimate of drug-likeness (QED) is 0.760. The Labute approximate surface area is 161 Å². The van der Waals surface area contributed by atoms with E-state index in [0.717, 1.165) is 38.0 Å². The van der Waals surface area contributed by atoms with Gasteiger partial charge in [-0.15, -0.1) is 0 Å². The van der Waals surface area contributed by atoms with Crippen molar-refractivity contribution in [3.8, 4) is 0 Å². The molecule has 1 amide bonds. The smallest absolute Gasteiger partial charge is 0.236 e. The van der Waals surface area contributed by atoms with Crippen LogP contribution in [-0.2, 0) is 16.1 Å². The molecule has 4 atom stereocenters. The van der Waals surface area contributed by atoms with E-state index in [1.807, 2.05) is 16.8 Å². The van der Waals surface area contributed by atoms with Crippen molar-refractivity contribution in [3.05, 3.63) is 35.6 Å². The minimum Gasteiger partial charge on any atom is -0.369 e. The minimum absolute atomic E-state index is 0.101. The summed E-state index contributed by atoms with van der Waals surface area (Å²) in [6.45, 7) is 3.60. The summed E-state index contributed by atoms with van der Waals surface area (Å²) in [6, 6.07) is 6.47. The van der Waals surface area contributed by atoms with Gasteiger partial charge in [0.1, 0.15) is 5.82 Å². The van der Waals surface area contributed by atoms with Gasteiger partial charge in [-0.1, -0.05) is 12.1 Å². The normalized spacial score (nSPS) is 31.9. The van der Waals surface area contributed by atoms with Gasteiger partial charge in [0.2, 0.25) is 5.91 Å². The second kappa shape index (κ2) is 7.15. The first-order valence-corrected chi connectivity index (χ1v) is 9.89. The maximum absolute atomic E-state index is 13.0. The number of nitrogens with zero attached hydrogens (tertiary/aromatic N) is 3. The fourth-order valence-corrected chi connectivity index (χ4v) is 5.33. The van der Waals surface area contributed by atoms with Crippen molar-refractivity contribution in [2.75, 3.05) is 47.3 Å². The summed E-state index contributed by atoms with van der Waals surface area (Å²) >= 11 is 0. The molecule has 3 aliphatic heterocycles. The molecular formula is C21H30FN3O2. The molecule has 0 saturated carbocycles. The van der Waals surface area contributed by atoms with Gasteiger partial charge in [0.25, 0.3) is 0 Å². The average molecular weight is 375 g/mol. The highest BCUT2D eigenvalue weighted by atomic mass is 19.1. The van der Waals surface area contributed by atoms with E-state index < -0.39 is 0 Å². The molecule has 1 spiro atoms. The highest BCUT2D eigenvalue weighted by Gasteiger charge is 2.63. The Balaban J connectivity index is 1.36. The van der Waals surface area contributed by atoms with Crippen LogP contribution in [0.4, 0.5) is 4.39 Å². The summed E-state index contributed by atoms with van der Waals surface area (Å²) in [5, 5.41) is 0. The lowest BCUT2D eigenvalue weighted by molar-refractivity contribution is -0.132. The van der Waals surface area contributed by atoms with Crippen molar-refractivity contribution in [1.82, 2.24) is 14.7 Å². The molecule has 3 saturated heterocycles. The SMILES string of the molecule is CN(C)C[C@H]1[C@H]2CN(C(=O)CN(C)Cc3ccc(F)cc3)C[C@]23CC[C@H]1O3. The summed E-state index contributed by atoms with van der Waals surface area (Å²) in [7, 11) is 6.16. The monoisotopic (exact) mass is 375 g/mol. The molecule has 1 aromatic carbocycles. The first-order valence-electron chi connectivity index (χ1n) is 9.89. The van der Waals surface area contributed by atoms with Crippen LogP contribution in [0, 0.1) is 17.7 Å². The van der Waals surface area contributed by atoms with Crippen molar-refractivity contribution >= 4 is 5.91 Å². The highest BCUT2D eigenvalue weighted by molar-refractivity contribution is 5.78. The summed E-state index contributed by atoms with van der Waals surface area (Å²) in [5.41, 5.74) is 0.910. The number of rotatable bonds is 6. The predicted octanol–water partition coefficient (Wildman–Crippen LogP) is 1.83. The van der Waals surface area contributed by atoms with E-state index in [4.69, 9.17) is 4.74 Å². The van der Waals surface area contributed by atoms with Crippen LogP contribution in [0.5, 0.6) is 0 Å². The van der Waals surface area contributed by atoms with Crippen LogP contribution in [0.2, 0.25) is 0 Å². The molecule has 0 aliphatic carbocycles. The van der Waals surface area contributed by atoms with E-state index in [0.29, 0.717) is 31.0 Å². The molecule has 2 bridgehead atoms. The molecule has 6 heteroatoms. The topological polar surface area (TPSA) is 36.0 Å². The number of halogens is 1. The Hall–Kier alpha value is -1.50. The molecule has 0 unspecified atom stereocenters. The Bertz CT molecular complexity index is 695. The Morgan fingerprint density at radius 2 is 2.04 bits per heavy atom. The zero-order valence-electron chi connectivity index (χ0n) is 16.5. The van der Waals surface area contributed by atoms with Gasteiger partial charge in [0.15, 0.2) is 0 Å². The number of amides is 1. The van der Waals surface area contributed by atoms with Crippen LogP contribution in [-0.4, -0.2) is 79.6 Å². The third-order valence-corrected chi connectivity index (χ3v) is 6.48. The van der Waals surface area contributed by atoms with Gasteiger partial charge in [-0.2, -0.15) is 0 Å². The molecule has 3 aliphatic rings. The first-order chi connectivity index (χ1) is 12.9. The summed E-state index contributed by atoms with van der Waals surface area (Å²) < 4.78 is 19.5. The Morgan fingerprint density at radius 1 is 1.30 bits per heavy atom. The second-order valence-corrected chi connectivity index (χ2v) is 8.87. The Kier molecular flexibility index (Phi) is 4.99. The van der Waals surface area contributed by atoms with Crippen molar-refractivity contribution < 1.29 is 13.9 Å². The number of carbonyl (C=O) groups is 1. The van der Waals surface area contributed by atoms with Crippen LogP contribution < -0.4 is 0 Å². The summed E-state index contributed by atoms with van der Waals surface area (Å²) in [4.78, 5) is 19.1. The maximum Gasteiger partial charge on any atom is 0.236 e. The third kappa shape index (κ3) is 3.62. The van der Waals surface area contributed by atoms with E-state index in [-0.39, 0.29) is 17.3 Å². The van der Waals surface area contributed by atoms with E-state index in [9.17, 15) is 9.18 Å². The van der Waals surface area contributed by atoms with Gasteiger partial charge in [-0.3, -0.25) is 9.69 Å². The molecule has 4 rings (SSSR count). The average Bonchev–Trinajstić information content (AvgIpc) is 3.26. The first kappa shape index (κ1) is 18.8. The van der Waals surface area contributed by atoms with Gasteiger partial charge < -0.3 is 14.5 Å². The minimum atomic E-state index is -0.234. The molecule has 0 aromatic heterocycles. The second-order valence-electron chi connectivity index (χ2n) is 8.87. The number of ether oxygens (including phenoxy) is 1. The standard InChI is InChI=1S/C21H30FN3O2/c1-23(2)11-17-18-12-25(14-21(18)9-8-19(17)27-21)20(26)13-24(3)10-15-4-6-16(22)7-5-15/h4-7,17-19H,8-14H2,1-3H3/t17-,18+,19+,21+/m0/s1. The molecule has 0 radical (unpaired) electrons. The van der Waals surface area contributed by atoms with E-state index in [1.54, 1.807) is 12.1 Å². The van der Waals surface area contributed by atoms with E-state index >= 15 is 0 Å². The van der Waals surface area contributed by atoms with Crippen molar-refractivity contribution in [2.45, 2.75) is 31.1 Å². The van der Waals surface area contributed by atoms with Crippen LogP contribution in [0.25, 0.3) is 0 Å². The third-order valence-electron chi connectivity index (χ3n) is 6.48. The van der Waals surface area contributed by atoms with E-state index in [1.165, 1.54) is 12.1 Å². The largest absolute Gasteiger partial charge is 0.369 e. The van der Waals surface area contributed by atoms with Crippen molar-refractivity contribution in [2.24, 2.45) is 11.8 Å². The highest BCUT2D eigenvalue weighted by Crippen LogP contribution is 2.54. The van der Waals surface area contributed by atoms with Crippen LogP contribution in [0.3, 0.4) is 0 Å². The van der Waals surface area contributed by atoms with E-state index in [2.05, 4.69) is 19.0 Å². The lowest BCUT2D eigenvalue weighted by Gasteiger charge is -2.30. The molecule has 0 N–H and O–H groups in total. The summed E-state index contributed by atoms with van der Waals surface area (Å²) in [6.07, 6.45) is 2.58. The van der Waals surface area contributed by atoms with Crippen molar-refractivity contribution in [1.29, 1.82) is 0 Å². The molecule has 3 fully saturated rings. The lowest BCUT2D eigenvalue weighted by Crippen LogP contribution is -2.40. The predicted molar refractivity (Wildman–Crippen MR) is 102 cm³/mol. The lowest BCUT2D eigenvalue weighted by atomic mass is 9.73. The number of hydrogen-bond donors (Lipinski definition) is 0. The number of likely N-dealkylation sites (N-methyl/N-ethyl adjacent to an activating group) is 1. The van der Waals surface area contributed by atoms with Crippen LogP contribution >= 0.6 is 0 Å².